The number of anilines is 1. The predicted molar refractivity (Wildman–Crippen MR) is 148 cm³/mol. The minimum atomic E-state index is -0.623. The predicted octanol–water partition coefficient (Wildman–Crippen LogP) is 4.14. The third-order valence-corrected chi connectivity index (χ3v) is 6.18. The highest BCUT2D eigenvalue weighted by Crippen LogP contribution is 2.22. The smallest absolute Gasteiger partial charge is 0.349 e. The zero-order chi connectivity index (χ0) is 27.5. The molecule has 0 unspecified atom stereocenters. The number of ether oxygens (including phenoxy) is 1. The molecule has 9 nitrogen and oxygen atoms in total. The molecular formula is C29H24FN5O4. The number of aryl methyl sites for hydroxylation is 1. The maximum Gasteiger partial charge on any atom is 0.349 e. The first-order valence-corrected chi connectivity index (χ1v) is 12.1. The van der Waals surface area contributed by atoms with E-state index in [0.717, 1.165) is 27.3 Å². The first-order valence-electron chi connectivity index (χ1n) is 12.1. The number of halogens is 1. The Kier molecular flexibility index (Phi) is 6.92. The molecular weight excluding hydrogens is 501 g/mol. The highest BCUT2D eigenvalue weighted by molar-refractivity contribution is 5.92. The van der Waals surface area contributed by atoms with Crippen molar-refractivity contribution >= 4 is 28.7 Å². The number of H-pyrrole nitrogens is 1. The van der Waals surface area contributed by atoms with Crippen molar-refractivity contribution in [3.8, 4) is 11.4 Å². The van der Waals surface area contributed by atoms with Crippen LogP contribution in [-0.2, 0) is 4.79 Å². The van der Waals surface area contributed by atoms with Crippen LogP contribution in [0.4, 0.5) is 10.1 Å². The monoisotopic (exact) mass is 525 g/mol. The summed E-state index contributed by atoms with van der Waals surface area (Å²) in [5.41, 5.74) is 2.75. The van der Waals surface area contributed by atoms with E-state index in [9.17, 15) is 18.8 Å². The summed E-state index contributed by atoms with van der Waals surface area (Å²) in [6.45, 7) is 3.55. The molecule has 10 heteroatoms. The van der Waals surface area contributed by atoms with Crippen LogP contribution in [0.25, 0.3) is 16.6 Å². The Morgan fingerprint density at radius 2 is 1.74 bits per heavy atom. The van der Waals surface area contributed by atoms with Crippen LogP contribution in [0.15, 0.2) is 93.6 Å². The average Bonchev–Trinajstić information content (AvgIpc) is 3.21. The number of carbonyl (C=O) groups excluding carboxylic acids is 1. The van der Waals surface area contributed by atoms with Gasteiger partial charge in [-0.05, 0) is 68.4 Å². The summed E-state index contributed by atoms with van der Waals surface area (Å²) in [7, 11) is 0. The Morgan fingerprint density at radius 3 is 2.51 bits per heavy atom. The molecule has 0 fully saturated rings. The molecule has 0 saturated heterocycles. The van der Waals surface area contributed by atoms with Gasteiger partial charge in [0.2, 0.25) is 0 Å². The van der Waals surface area contributed by atoms with Gasteiger partial charge in [0.25, 0.3) is 11.5 Å². The number of amides is 1. The summed E-state index contributed by atoms with van der Waals surface area (Å²) in [5, 5.41) is 7.01. The highest BCUT2D eigenvalue weighted by atomic mass is 19.1. The number of benzene rings is 3. The summed E-state index contributed by atoms with van der Waals surface area (Å²) in [6.07, 6.45) is 1.48. The van der Waals surface area contributed by atoms with Gasteiger partial charge >= 0.3 is 5.69 Å². The Morgan fingerprint density at radius 1 is 1.03 bits per heavy atom. The molecule has 0 saturated carbocycles. The molecule has 0 aliphatic rings. The Labute approximate surface area is 221 Å². The highest BCUT2D eigenvalue weighted by Gasteiger charge is 2.12. The molecule has 2 heterocycles. The van der Waals surface area contributed by atoms with Crippen LogP contribution < -0.4 is 21.3 Å². The lowest BCUT2D eigenvalue weighted by Gasteiger charge is -2.12. The summed E-state index contributed by atoms with van der Waals surface area (Å²) in [5.74, 6) is -0.524. The molecule has 0 radical (unpaired) electrons. The Bertz CT molecular complexity index is 1830. The van der Waals surface area contributed by atoms with E-state index in [1.54, 1.807) is 48.5 Å². The van der Waals surface area contributed by atoms with Crippen LogP contribution >= 0.6 is 0 Å². The number of aromatic amines is 1. The van der Waals surface area contributed by atoms with Crippen molar-refractivity contribution in [1.29, 1.82) is 0 Å². The molecule has 196 valence electrons. The van der Waals surface area contributed by atoms with Crippen molar-refractivity contribution < 1.29 is 13.9 Å². The number of nitrogens with zero attached hydrogens (tertiary/aromatic N) is 3. The van der Waals surface area contributed by atoms with Gasteiger partial charge < -0.3 is 19.6 Å². The molecule has 0 aliphatic heterocycles. The molecule has 0 bridgehead atoms. The van der Waals surface area contributed by atoms with Gasteiger partial charge in [0, 0.05) is 22.6 Å². The minimum Gasteiger partial charge on any atom is -0.484 e. The summed E-state index contributed by atoms with van der Waals surface area (Å²) in [4.78, 5) is 40.0. The Balaban J connectivity index is 1.31. The van der Waals surface area contributed by atoms with Gasteiger partial charge in [-0.2, -0.15) is 5.10 Å². The fourth-order valence-corrected chi connectivity index (χ4v) is 4.28. The van der Waals surface area contributed by atoms with E-state index < -0.39 is 23.0 Å². The van der Waals surface area contributed by atoms with E-state index in [1.165, 1.54) is 18.3 Å². The summed E-state index contributed by atoms with van der Waals surface area (Å²) < 4.78 is 22.1. The van der Waals surface area contributed by atoms with Crippen LogP contribution in [0.3, 0.4) is 0 Å². The van der Waals surface area contributed by atoms with Gasteiger partial charge in [0.1, 0.15) is 11.6 Å². The quantitative estimate of drug-likeness (QED) is 0.311. The minimum absolute atomic E-state index is 0.0921. The van der Waals surface area contributed by atoms with Gasteiger partial charge in [0.15, 0.2) is 6.61 Å². The lowest BCUT2D eigenvalue weighted by Crippen LogP contribution is -2.32. The van der Waals surface area contributed by atoms with Crippen LogP contribution in [0.1, 0.15) is 17.0 Å². The Hall–Kier alpha value is -5.25. The van der Waals surface area contributed by atoms with Crippen molar-refractivity contribution in [3.05, 3.63) is 122 Å². The standard InChI is InChI=1S/C29H24FN5O4/c1-18-15-20(16-31-35-28(37)23-7-3-5-9-25(23)33-29(35)38)19(2)34(18)21-11-13-22(14-12-21)39-17-27(36)32-26-10-6-4-8-24(26)30/h3-16H,17H2,1-2H3,(H,32,36)(H,33,38). The van der Waals surface area contributed by atoms with E-state index in [2.05, 4.69) is 15.4 Å². The summed E-state index contributed by atoms with van der Waals surface area (Å²) >= 11 is 0. The number of hydrogen-bond acceptors (Lipinski definition) is 5. The van der Waals surface area contributed by atoms with E-state index in [-0.39, 0.29) is 12.3 Å². The lowest BCUT2D eigenvalue weighted by molar-refractivity contribution is -0.118. The summed E-state index contributed by atoms with van der Waals surface area (Å²) in [6, 6.07) is 21.7. The van der Waals surface area contributed by atoms with Gasteiger partial charge in [-0.15, -0.1) is 4.68 Å². The number of aromatic nitrogens is 3. The molecule has 2 aromatic heterocycles. The number of hydrogen-bond donors (Lipinski definition) is 2. The number of nitrogens with one attached hydrogen (secondary N) is 2. The second kappa shape index (κ2) is 10.6. The first-order chi connectivity index (χ1) is 18.8. The van der Waals surface area contributed by atoms with Crippen molar-refractivity contribution in [3.63, 3.8) is 0 Å². The molecule has 0 spiro atoms. The molecule has 0 atom stereocenters. The maximum atomic E-state index is 13.7. The first kappa shape index (κ1) is 25.4. The van der Waals surface area contributed by atoms with Gasteiger partial charge in [0.05, 0.1) is 22.8 Å². The molecule has 1 amide bonds. The third kappa shape index (κ3) is 5.26. The van der Waals surface area contributed by atoms with Crippen LogP contribution in [0.5, 0.6) is 5.75 Å². The molecule has 3 aromatic carbocycles. The number of carbonyl (C=O) groups is 1. The van der Waals surface area contributed by atoms with Crippen molar-refractivity contribution in [2.75, 3.05) is 11.9 Å². The maximum absolute atomic E-state index is 13.7. The SMILES string of the molecule is Cc1cc(C=Nn2c(=O)[nH]c3ccccc3c2=O)c(C)n1-c1ccc(OCC(=O)Nc2ccccc2F)cc1. The molecule has 5 aromatic rings. The zero-order valence-corrected chi connectivity index (χ0v) is 21.1. The van der Waals surface area contributed by atoms with Gasteiger partial charge in [-0.1, -0.05) is 24.3 Å². The van der Waals surface area contributed by atoms with Crippen LogP contribution in [0.2, 0.25) is 0 Å². The molecule has 2 N–H and O–H groups in total. The third-order valence-electron chi connectivity index (χ3n) is 6.18. The fourth-order valence-electron chi connectivity index (χ4n) is 4.28. The molecule has 5 rings (SSSR count). The second-order valence-electron chi connectivity index (χ2n) is 8.81. The van der Waals surface area contributed by atoms with Crippen molar-refractivity contribution in [2.45, 2.75) is 13.8 Å². The molecule has 39 heavy (non-hydrogen) atoms. The van der Waals surface area contributed by atoms with Gasteiger partial charge in [-0.3, -0.25) is 9.59 Å². The normalized spacial score (nSPS) is 11.3. The van der Waals surface area contributed by atoms with Gasteiger partial charge in [-0.25, -0.2) is 9.18 Å². The fraction of sp³-hybridized carbons (Fsp3) is 0.103. The van der Waals surface area contributed by atoms with Crippen LogP contribution in [-0.4, -0.2) is 33.0 Å². The van der Waals surface area contributed by atoms with E-state index in [1.807, 2.05) is 36.6 Å². The average molecular weight is 526 g/mol. The van der Waals surface area contributed by atoms with E-state index >= 15 is 0 Å². The van der Waals surface area contributed by atoms with E-state index in [0.29, 0.717) is 16.7 Å². The number of para-hydroxylation sites is 2. The topological polar surface area (TPSA) is 110 Å². The largest absolute Gasteiger partial charge is 0.484 e. The zero-order valence-electron chi connectivity index (χ0n) is 21.1. The van der Waals surface area contributed by atoms with Crippen molar-refractivity contribution in [2.24, 2.45) is 5.10 Å². The number of rotatable bonds is 7. The second-order valence-corrected chi connectivity index (χ2v) is 8.81. The molecule has 0 aliphatic carbocycles. The van der Waals surface area contributed by atoms with E-state index in [4.69, 9.17) is 4.74 Å². The van der Waals surface area contributed by atoms with Crippen molar-refractivity contribution in [1.82, 2.24) is 14.2 Å². The van der Waals surface area contributed by atoms with Crippen LogP contribution in [0, 0.1) is 19.7 Å². The lowest BCUT2D eigenvalue weighted by atomic mass is 10.2. The number of fused-ring (bicyclic) bond motifs is 1.